The number of carbonyl (C=O) groups is 3. The topological polar surface area (TPSA) is 104 Å². The number of rotatable bonds is 4. The van der Waals surface area contributed by atoms with Crippen molar-refractivity contribution < 1.29 is 24.6 Å². The van der Waals surface area contributed by atoms with Crippen LogP contribution in [0.5, 0.6) is 0 Å². The normalized spacial score (nSPS) is 10.8. The summed E-state index contributed by atoms with van der Waals surface area (Å²) in [5.74, 6) is -2.82. The molecule has 0 aromatic heterocycles. The highest BCUT2D eigenvalue weighted by Gasteiger charge is 2.07. The van der Waals surface area contributed by atoms with E-state index in [2.05, 4.69) is 5.32 Å². The molecular weight excluding hydrogens is 238 g/mol. The van der Waals surface area contributed by atoms with Crippen LogP contribution in [0.1, 0.15) is 17.3 Å². The van der Waals surface area contributed by atoms with E-state index in [0.29, 0.717) is 5.69 Å². The average Bonchev–Trinajstić information content (AvgIpc) is 2.28. The molecule has 3 N–H and O–H groups in total. The first-order chi connectivity index (χ1) is 8.40. The molecule has 0 aliphatic carbocycles. The number of aliphatic carboxylic acids is 1. The summed E-state index contributed by atoms with van der Waals surface area (Å²) in [6.07, 6.45) is 0.793. The molecule has 0 aliphatic rings. The molecule has 1 rings (SSSR count). The van der Waals surface area contributed by atoms with Gasteiger partial charge in [-0.05, 0) is 31.2 Å². The van der Waals surface area contributed by atoms with Gasteiger partial charge in [0.25, 0.3) is 5.91 Å². The Morgan fingerprint density at radius 2 is 1.67 bits per heavy atom. The van der Waals surface area contributed by atoms with Gasteiger partial charge in [-0.25, -0.2) is 9.59 Å². The number of carboxylic acids is 2. The van der Waals surface area contributed by atoms with Crippen LogP contribution in [-0.4, -0.2) is 28.1 Å². The number of nitrogens with one attached hydrogen (secondary N) is 1. The van der Waals surface area contributed by atoms with E-state index < -0.39 is 17.8 Å². The summed E-state index contributed by atoms with van der Waals surface area (Å²) in [5, 5.41) is 19.6. The Balaban J connectivity index is 2.76. The van der Waals surface area contributed by atoms with Gasteiger partial charge in [0.05, 0.1) is 5.56 Å². The molecule has 6 nitrogen and oxygen atoms in total. The zero-order valence-electron chi connectivity index (χ0n) is 9.51. The molecule has 94 valence electrons. The SMILES string of the molecule is CC(=CC(=O)O)C(=O)Nc1ccc(C(=O)O)cc1. The van der Waals surface area contributed by atoms with Crippen molar-refractivity contribution in [1.29, 1.82) is 0 Å². The lowest BCUT2D eigenvalue weighted by Gasteiger charge is -2.05. The first-order valence-electron chi connectivity index (χ1n) is 4.96. The molecule has 0 atom stereocenters. The van der Waals surface area contributed by atoms with Crippen molar-refractivity contribution in [1.82, 2.24) is 0 Å². The van der Waals surface area contributed by atoms with Gasteiger partial charge >= 0.3 is 11.9 Å². The standard InChI is InChI=1S/C12H11NO5/c1-7(6-10(14)15)11(16)13-9-4-2-8(3-5-9)12(17)18/h2-6H,1H3,(H,13,16)(H,14,15)(H,17,18). The van der Waals surface area contributed by atoms with Crippen molar-refractivity contribution in [3.63, 3.8) is 0 Å². The van der Waals surface area contributed by atoms with Crippen molar-refractivity contribution in [2.45, 2.75) is 6.92 Å². The van der Waals surface area contributed by atoms with Crippen molar-refractivity contribution >= 4 is 23.5 Å². The summed E-state index contributed by atoms with van der Waals surface area (Å²) >= 11 is 0. The molecule has 0 radical (unpaired) electrons. The Hall–Kier alpha value is -2.63. The molecule has 6 heteroatoms. The van der Waals surface area contributed by atoms with Crippen LogP contribution in [0.2, 0.25) is 0 Å². The quantitative estimate of drug-likeness (QED) is 0.699. The molecule has 0 unspecified atom stereocenters. The van der Waals surface area contributed by atoms with E-state index in [1.165, 1.54) is 31.2 Å². The maximum Gasteiger partial charge on any atom is 0.335 e. The number of benzene rings is 1. The first kappa shape index (κ1) is 13.4. The van der Waals surface area contributed by atoms with Gasteiger partial charge in [0.15, 0.2) is 0 Å². The summed E-state index contributed by atoms with van der Waals surface area (Å²) in [6, 6.07) is 5.53. The fraction of sp³-hybridized carbons (Fsp3) is 0.0833. The Labute approximate surface area is 103 Å². The minimum atomic E-state index is -1.20. The van der Waals surface area contributed by atoms with Crippen molar-refractivity contribution in [3.05, 3.63) is 41.5 Å². The van der Waals surface area contributed by atoms with Crippen molar-refractivity contribution in [2.24, 2.45) is 0 Å². The molecule has 0 heterocycles. The molecule has 1 aromatic rings. The van der Waals surface area contributed by atoms with Gasteiger partial charge in [-0.3, -0.25) is 4.79 Å². The third kappa shape index (κ3) is 3.75. The molecule has 0 bridgehead atoms. The lowest BCUT2D eigenvalue weighted by Crippen LogP contribution is -2.13. The smallest absolute Gasteiger partial charge is 0.335 e. The van der Waals surface area contributed by atoms with Crippen LogP contribution in [0.25, 0.3) is 0 Å². The predicted octanol–water partition coefficient (Wildman–Crippen LogP) is 1.35. The van der Waals surface area contributed by atoms with E-state index in [4.69, 9.17) is 10.2 Å². The minimum absolute atomic E-state index is 0.0461. The van der Waals surface area contributed by atoms with Gasteiger partial charge in [0, 0.05) is 17.3 Å². The highest BCUT2D eigenvalue weighted by atomic mass is 16.4. The summed E-state index contributed by atoms with van der Waals surface area (Å²) in [4.78, 5) is 32.5. The first-order valence-corrected chi connectivity index (χ1v) is 4.96. The Bertz CT molecular complexity index is 516. The van der Waals surface area contributed by atoms with Crippen LogP contribution in [0, 0.1) is 0 Å². The number of carbonyl (C=O) groups excluding carboxylic acids is 1. The number of hydrogen-bond donors (Lipinski definition) is 3. The second-order valence-electron chi connectivity index (χ2n) is 3.50. The third-order valence-corrected chi connectivity index (χ3v) is 2.09. The van der Waals surface area contributed by atoms with Crippen LogP contribution in [0.15, 0.2) is 35.9 Å². The molecule has 18 heavy (non-hydrogen) atoms. The maximum atomic E-state index is 11.5. The highest BCUT2D eigenvalue weighted by molar-refractivity contribution is 6.06. The third-order valence-electron chi connectivity index (χ3n) is 2.09. The number of anilines is 1. The second-order valence-corrected chi connectivity index (χ2v) is 3.50. The minimum Gasteiger partial charge on any atom is -0.478 e. The second kappa shape index (κ2) is 5.62. The summed E-state index contributed by atoms with van der Waals surface area (Å²) in [5.41, 5.74) is 0.541. The van der Waals surface area contributed by atoms with Crippen LogP contribution in [0.3, 0.4) is 0 Å². The van der Waals surface area contributed by atoms with E-state index in [-0.39, 0.29) is 11.1 Å². The number of hydrogen-bond acceptors (Lipinski definition) is 3. The average molecular weight is 249 g/mol. The van der Waals surface area contributed by atoms with E-state index in [9.17, 15) is 14.4 Å². The molecule has 0 saturated carbocycles. The zero-order valence-corrected chi connectivity index (χ0v) is 9.51. The van der Waals surface area contributed by atoms with E-state index >= 15 is 0 Å². The number of aromatic carboxylic acids is 1. The molecule has 0 saturated heterocycles. The molecule has 1 aromatic carbocycles. The van der Waals surface area contributed by atoms with Crippen LogP contribution < -0.4 is 5.32 Å². The summed E-state index contributed by atoms with van der Waals surface area (Å²) in [6.45, 7) is 1.37. The van der Waals surface area contributed by atoms with Gasteiger partial charge in [-0.1, -0.05) is 0 Å². The number of amides is 1. The van der Waals surface area contributed by atoms with E-state index in [0.717, 1.165) is 6.08 Å². The molecular formula is C12H11NO5. The largest absolute Gasteiger partial charge is 0.478 e. The summed E-state index contributed by atoms with van der Waals surface area (Å²) < 4.78 is 0. The van der Waals surface area contributed by atoms with E-state index in [1.807, 2.05) is 0 Å². The Kier molecular flexibility index (Phi) is 4.20. The fourth-order valence-electron chi connectivity index (χ4n) is 1.18. The molecule has 0 fully saturated rings. The van der Waals surface area contributed by atoms with E-state index in [1.54, 1.807) is 0 Å². The zero-order chi connectivity index (χ0) is 13.7. The van der Waals surface area contributed by atoms with Gasteiger partial charge in [0.1, 0.15) is 0 Å². The molecule has 0 spiro atoms. The summed E-state index contributed by atoms with van der Waals surface area (Å²) in [7, 11) is 0. The molecule has 1 amide bonds. The van der Waals surface area contributed by atoms with Gasteiger partial charge in [0.2, 0.25) is 0 Å². The lowest BCUT2D eigenvalue weighted by atomic mass is 10.2. The van der Waals surface area contributed by atoms with Gasteiger partial charge < -0.3 is 15.5 Å². The van der Waals surface area contributed by atoms with Crippen LogP contribution in [0.4, 0.5) is 5.69 Å². The van der Waals surface area contributed by atoms with Crippen LogP contribution >= 0.6 is 0 Å². The lowest BCUT2D eigenvalue weighted by molar-refractivity contribution is -0.131. The molecule has 0 aliphatic heterocycles. The van der Waals surface area contributed by atoms with Gasteiger partial charge in [-0.15, -0.1) is 0 Å². The van der Waals surface area contributed by atoms with Crippen molar-refractivity contribution in [2.75, 3.05) is 5.32 Å². The van der Waals surface area contributed by atoms with Gasteiger partial charge in [-0.2, -0.15) is 0 Å². The maximum absolute atomic E-state index is 11.5. The Morgan fingerprint density at radius 3 is 2.11 bits per heavy atom. The van der Waals surface area contributed by atoms with Crippen LogP contribution in [-0.2, 0) is 9.59 Å². The highest BCUT2D eigenvalue weighted by Crippen LogP contribution is 2.10. The monoisotopic (exact) mass is 249 g/mol. The fourth-order valence-corrected chi connectivity index (χ4v) is 1.18. The number of carboxylic acid groups (broad SMARTS) is 2. The van der Waals surface area contributed by atoms with Crippen molar-refractivity contribution in [3.8, 4) is 0 Å². The Morgan fingerprint density at radius 1 is 1.11 bits per heavy atom. The predicted molar refractivity (Wildman–Crippen MR) is 63.4 cm³/mol.